The molecule has 8 atom stereocenters. The van der Waals surface area contributed by atoms with Gasteiger partial charge in [0.05, 0.1) is 6.10 Å². The molecule has 194 valence electrons. The van der Waals surface area contributed by atoms with E-state index in [4.69, 9.17) is 4.74 Å². The molecule has 0 unspecified atom stereocenters. The van der Waals surface area contributed by atoms with Gasteiger partial charge in [-0.15, -0.1) is 0 Å². The fraction of sp³-hybridized carbons (Fsp3) is 0.750. The minimum absolute atomic E-state index is 0.0846. The summed E-state index contributed by atoms with van der Waals surface area (Å²) in [7, 11) is 0. The van der Waals surface area contributed by atoms with Crippen molar-refractivity contribution in [1.82, 2.24) is 0 Å². The van der Waals surface area contributed by atoms with Gasteiger partial charge in [-0.05, 0) is 55.6 Å². The van der Waals surface area contributed by atoms with Crippen LogP contribution >= 0.6 is 0 Å². The number of aliphatic hydroxyl groups is 1. The van der Waals surface area contributed by atoms with Crippen LogP contribution in [0, 0.1) is 34.5 Å². The molecule has 0 aromatic rings. The van der Waals surface area contributed by atoms with Crippen molar-refractivity contribution in [2.24, 2.45) is 34.5 Å². The Hall–Kier alpha value is -1.89. The van der Waals surface area contributed by atoms with Gasteiger partial charge in [0.15, 0.2) is 18.1 Å². The molecule has 3 saturated carbocycles. The van der Waals surface area contributed by atoms with E-state index in [1.165, 1.54) is 6.08 Å². The van der Waals surface area contributed by atoms with Crippen molar-refractivity contribution in [3.05, 3.63) is 23.6 Å². The van der Waals surface area contributed by atoms with Crippen LogP contribution in [0.1, 0.15) is 79.1 Å². The number of hydrogen-bond donors (Lipinski definition) is 1. The number of esters is 1. The molecule has 0 amide bonds. The summed E-state index contributed by atoms with van der Waals surface area (Å²) in [5.74, 6) is -3.55. The second kappa shape index (κ2) is 9.20. The van der Waals surface area contributed by atoms with Gasteiger partial charge >= 0.3 is 5.97 Å². The SMILES string of the molecule is CCCCCC(=O)O[C@]1(C(=O)CF)[C@@H](C)C[C@H]2[C@@H]3CCC4=C(F)C(=O)C=C[C@]4(C)[C@H]3[C@@H](O)C[C@@]21C. The maximum atomic E-state index is 14.8. The van der Waals surface area contributed by atoms with E-state index in [1.807, 2.05) is 27.7 Å². The number of fused-ring (bicyclic) bond motifs is 5. The molecule has 1 N–H and O–H groups in total. The Morgan fingerprint density at radius 1 is 1.26 bits per heavy atom. The third kappa shape index (κ3) is 3.67. The molecule has 0 aromatic heterocycles. The second-order valence-electron chi connectivity index (χ2n) is 11.7. The van der Waals surface area contributed by atoms with Gasteiger partial charge in [-0.2, -0.15) is 0 Å². The van der Waals surface area contributed by atoms with Crippen molar-refractivity contribution in [2.45, 2.75) is 90.8 Å². The molecule has 0 aliphatic heterocycles. The molecule has 5 nitrogen and oxygen atoms in total. The Morgan fingerprint density at radius 3 is 2.63 bits per heavy atom. The molecule has 0 radical (unpaired) electrons. The Bertz CT molecular complexity index is 972. The molecular weight excluding hydrogens is 454 g/mol. The van der Waals surface area contributed by atoms with E-state index in [9.17, 15) is 28.3 Å². The van der Waals surface area contributed by atoms with Crippen LogP contribution in [0.4, 0.5) is 8.78 Å². The zero-order valence-electron chi connectivity index (χ0n) is 21.2. The van der Waals surface area contributed by atoms with Crippen molar-refractivity contribution < 1.29 is 33.0 Å². The highest BCUT2D eigenvalue weighted by Crippen LogP contribution is 2.69. The first-order valence-electron chi connectivity index (χ1n) is 13.1. The van der Waals surface area contributed by atoms with Gasteiger partial charge in [0, 0.05) is 29.1 Å². The van der Waals surface area contributed by atoms with E-state index in [0.29, 0.717) is 31.3 Å². The van der Waals surface area contributed by atoms with Crippen LogP contribution in [0.15, 0.2) is 23.6 Å². The Morgan fingerprint density at radius 2 is 1.97 bits per heavy atom. The summed E-state index contributed by atoms with van der Waals surface area (Å²) in [5.41, 5.74) is -2.95. The van der Waals surface area contributed by atoms with Gasteiger partial charge in [0.1, 0.15) is 0 Å². The molecule has 7 heteroatoms. The van der Waals surface area contributed by atoms with Crippen LogP contribution in [0.3, 0.4) is 0 Å². The van der Waals surface area contributed by atoms with Gasteiger partial charge in [0.2, 0.25) is 11.6 Å². The van der Waals surface area contributed by atoms with Crippen molar-refractivity contribution in [2.75, 3.05) is 6.67 Å². The highest BCUT2D eigenvalue weighted by molar-refractivity contribution is 6.04. The molecule has 0 spiro atoms. The number of unbranched alkanes of at least 4 members (excludes halogenated alkanes) is 2. The molecule has 0 aromatic carbocycles. The van der Waals surface area contributed by atoms with Crippen molar-refractivity contribution >= 4 is 17.5 Å². The Balaban J connectivity index is 1.73. The number of hydrogen-bond acceptors (Lipinski definition) is 5. The number of carbonyl (C=O) groups is 3. The van der Waals surface area contributed by atoms with Crippen molar-refractivity contribution in [3.8, 4) is 0 Å². The monoisotopic (exact) mass is 492 g/mol. The molecule has 4 aliphatic carbocycles. The summed E-state index contributed by atoms with van der Waals surface area (Å²) >= 11 is 0. The number of aliphatic hydroxyl groups excluding tert-OH is 1. The number of halogens is 2. The van der Waals surface area contributed by atoms with E-state index < -0.39 is 58.5 Å². The third-order valence-corrected chi connectivity index (χ3v) is 9.92. The number of rotatable bonds is 7. The summed E-state index contributed by atoms with van der Waals surface area (Å²) in [5, 5.41) is 11.5. The highest BCUT2D eigenvalue weighted by atomic mass is 19.1. The maximum absolute atomic E-state index is 14.8. The lowest BCUT2D eigenvalue weighted by Crippen LogP contribution is -2.64. The zero-order chi connectivity index (χ0) is 25.8. The first kappa shape index (κ1) is 26.2. The number of ketones is 2. The smallest absolute Gasteiger partial charge is 0.306 e. The largest absolute Gasteiger partial charge is 0.450 e. The predicted octanol–water partition coefficient (Wildman–Crippen LogP) is 5.21. The van der Waals surface area contributed by atoms with E-state index in [0.717, 1.165) is 12.8 Å². The Labute approximate surface area is 206 Å². The first-order chi connectivity index (χ1) is 16.5. The van der Waals surface area contributed by atoms with E-state index >= 15 is 0 Å². The number of carbonyl (C=O) groups excluding carboxylic acids is 3. The molecule has 0 saturated heterocycles. The number of allylic oxidation sites excluding steroid dienone is 4. The van der Waals surface area contributed by atoms with Gasteiger partial charge in [0.25, 0.3) is 0 Å². The molecular formula is C28H38F2O5. The standard InChI is InChI=1S/C28H38F2O5/c1-5-6-7-8-23(34)35-28(22(33)15-29)16(2)13-19-17-9-10-18-25(30)20(31)11-12-26(18,3)24(17)21(32)14-27(19,28)4/h11-12,16-17,19,21,24,32H,5-10,13-15H2,1-4H3/t16-,17-,19-,21-,24+,26-,27-,28-/m0/s1. The normalized spacial score (nSPS) is 42.4. The van der Waals surface area contributed by atoms with Crippen LogP contribution in [-0.2, 0) is 19.1 Å². The highest BCUT2D eigenvalue weighted by Gasteiger charge is 2.73. The van der Waals surface area contributed by atoms with Gasteiger partial charge in [-0.1, -0.05) is 46.6 Å². The number of ether oxygens (including phenoxy) is 1. The molecule has 3 fully saturated rings. The lowest BCUT2D eigenvalue weighted by Gasteiger charge is -2.59. The second-order valence-corrected chi connectivity index (χ2v) is 11.7. The molecule has 0 heterocycles. The van der Waals surface area contributed by atoms with Crippen molar-refractivity contribution in [1.29, 1.82) is 0 Å². The summed E-state index contributed by atoms with van der Waals surface area (Å²) in [4.78, 5) is 38.1. The van der Waals surface area contributed by atoms with Crippen LogP contribution in [0.2, 0.25) is 0 Å². The quantitative estimate of drug-likeness (QED) is 0.390. The summed E-state index contributed by atoms with van der Waals surface area (Å²) in [6, 6.07) is 0. The van der Waals surface area contributed by atoms with Gasteiger partial charge in [-0.3, -0.25) is 14.4 Å². The van der Waals surface area contributed by atoms with E-state index in [1.54, 1.807) is 6.08 Å². The minimum atomic E-state index is -1.64. The van der Waals surface area contributed by atoms with Crippen LogP contribution < -0.4 is 0 Å². The van der Waals surface area contributed by atoms with E-state index in [-0.39, 0.29) is 30.6 Å². The van der Waals surface area contributed by atoms with Crippen LogP contribution in [0.5, 0.6) is 0 Å². The third-order valence-electron chi connectivity index (χ3n) is 9.92. The molecule has 4 rings (SSSR count). The number of alkyl halides is 1. The zero-order valence-corrected chi connectivity index (χ0v) is 21.2. The van der Waals surface area contributed by atoms with Gasteiger partial charge in [-0.25, -0.2) is 8.78 Å². The van der Waals surface area contributed by atoms with Gasteiger partial charge < -0.3 is 9.84 Å². The lowest BCUT2D eigenvalue weighted by atomic mass is 9.46. The molecule has 4 aliphatic rings. The maximum Gasteiger partial charge on any atom is 0.306 e. The predicted molar refractivity (Wildman–Crippen MR) is 127 cm³/mol. The lowest BCUT2D eigenvalue weighted by molar-refractivity contribution is -0.204. The van der Waals surface area contributed by atoms with Crippen LogP contribution in [0.25, 0.3) is 0 Å². The molecule has 35 heavy (non-hydrogen) atoms. The number of Topliss-reactive ketones (excluding diaryl/α,β-unsaturated/α-hetero) is 1. The average molecular weight is 493 g/mol. The average Bonchev–Trinajstić information content (AvgIpc) is 3.03. The van der Waals surface area contributed by atoms with E-state index in [2.05, 4.69) is 0 Å². The van der Waals surface area contributed by atoms with Crippen LogP contribution in [-0.4, -0.2) is 41.0 Å². The topological polar surface area (TPSA) is 80.7 Å². The summed E-state index contributed by atoms with van der Waals surface area (Å²) in [6.07, 6.45) is 6.29. The Kier molecular flexibility index (Phi) is 6.88. The fourth-order valence-corrected chi connectivity index (χ4v) is 8.44. The molecule has 0 bridgehead atoms. The minimum Gasteiger partial charge on any atom is -0.450 e. The first-order valence-corrected chi connectivity index (χ1v) is 13.1. The summed E-state index contributed by atoms with van der Waals surface area (Å²) < 4.78 is 34.9. The van der Waals surface area contributed by atoms with Crippen molar-refractivity contribution in [3.63, 3.8) is 0 Å². The fourth-order valence-electron chi connectivity index (χ4n) is 8.44. The summed E-state index contributed by atoms with van der Waals surface area (Å²) in [6.45, 7) is 6.37.